The molecular weight excluding hydrogens is 425 g/mol. The second-order valence-corrected chi connectivity index (χ2v) is 8.95. The molecule has 31 heavy (non-hydrogen) atoms. The van der Waals surface area contributed by atoms with E-state index in [1.807, 2.05) is 6.07 Å². The molecule has 1 atom stereocenters. The predicted molar refractivity (Wildman–Crippen MR) is 110 cm³/mol. The lowest BCUT2D eigenvalue weighted by atomic mass is 9.94. The topological polar surface area (TPSA) is 128 Å². The minimum absolute atomic E-state index is 0.0313. The van der Waals surface area contributed by atoms with Crippen molar-refractivity contribution >= 4 is 27.5 Å². The van der Waals surface area contributed by atoms with E-state index in [9.17, 15) is 27.5 Å². The van der Waals surface area contributed by atoms with Crippen LogP contribution >= 0.6 is 0 Å². The zero-order valence-electron chi connectivity index (χ0n) is 16.6. The number of benzene rings is 2. The molecule has 160 valence electrons. The molecule has 0 radical (unpaired) electrons. The van der Waals surface area contributed by atoms with Gasteiger partial charge in [-0.15, -0.1) is 0 Å². The van der Waals surface area contributed by atoms with Crippen LogP contribution in [0.4, 0.5) is 14.9 Å². The fourth-order valence-electron chi connectivity index (χ4n) is 3.51. The number of halogens is 1. The zero-order chi connectivity index (χ0) is 22.9. The van der Waals surface area contributed by atoms with Crippen LogP contribution in [0, 0.1) is 11.3 Å². The molecule has 0 bridgehead atoms. The maximum Gasteiger partial charge on any atom is 0.335 e. The van der Waals surface area contributed by atoms with Gasteiger partial charge >= 0.3 is 12.0 Å². The number of carbonyl (C=O) groups is 2. The molecule has 0 fully saturated rings. The highest BCUT2D eigenvalue weighted by molar-refractivity contribution is 7.90. The molecule has 1 aliphatic heterocycles. The number of amides is 2. The van der Waals surface area contributed by atoms with E-state index in [1.165, 1.54) is 37.3 Å². The number of hydrogen-bond donors (Lipinski definition) is 2. The Morgan fingerprint density at radius 1 is 1.29 bits per heavy atom. The third-order valence-electron chi connectivity index (χ3n) is 4.89. The Morgan fingerprint density at radius 2 is 2.00 bits per heavy atom. The molecule has 1 aliphatic rings. The average Bonchev–Trinajstić information content (AvgIpc) is 2.72. The molecule has 0 aromatic heterocycles. The lowest BCUT2D eigenvalue weighted by Crippen LogP contribution is -2.48. The molecule has 10 heteroatoms. The summed E-state index contributed by atoms with van der Waals surface area (Å²) in [5, 5.41) is 21.5. The van der Waals surface area contributed by atoms with Crippen molar-refractivity contribution in [2.24, 2.45) is 0 Å². The average molecular weight is 443 g/mol. The maximum absolute atomic E-state index is 13.1. The first-order valence-corrected chi connectivity index (χ1v) is 10.9. The second kappa shape index (κ2) is 8.20. The molecule has 0 aliphatic carbocycles. The number of aliphatic carboxylic acids is 1. The van der Waals surface area contributed by atoms with E-state index in [0.717, 1.165) is 17.2 Å². The Balaban J connectivity index is 2.23. The quantitative estimate of drug-likeness (QED) is 0.731. The smallest absolute Gasteiger partial charge is 0.335 e. The van der Waals surface area contributed by atoms with Crippen molar-refractivity contribution in [3.8, 4) is 6.07 Å². The number of carboxylic acids is 1. The van der Waals surface area contributed by atoms with Crippen LogP contribution in [0.3, 0.4) is 0 Å². The van der Waals surface area contributed by atoms with E-state index in [-0.39, 0.29) is 33.0 Å². The number of hydrogen-bond acceptors (Lipinski definition) is 5. The summed E-state index contributed by atoms with van der Waals surface area (Å²) < 4.78 is 37.7. The number of nitriles is 1. The van der Waals surface area contributed by atoms with Gasteiger partial charge in [0.25, 0.3) is 0 Å². The number of sulfone groups is 1. The van der Waals surface area contributed by atoms with E-state index in [1.54, 1.807) is 6.07 Å². The number of nitrogens with zero attached hydrogens (tertiary/aromatic N) is 2. The molecular formula is C21H18FN3O5S. The third kappa shape index (κ3) is 4.13. The Bertz CT molecular complexity index is 1260. The number of rotatable bonds is 5. The molecule has 2 N–H and O–H groups in total. The molecule has 2 aromatic carbocycles. The first-order valence-electron chi connectivity index (χ1n) is 9.02. The fourth-order valence-corrected chi connectivity index (χ4v) is 4.46. The molecule has 2 aromatic rings. The van der Waals surface area contributed by atoms with Crippen LogP contribution in [-0.4, -0.2) is 31.8 Å². The van der Waals surface area contributed by atoms with Crippen molar-refractivity contribution in [1.82, 2.24) is 5.32 Å². The number of allylic oxidation sites excluding steroid dienone is 1. The van der Waals surface area contributed by atoms with Crippen molar-refractivity contribution in [2.45, 2.75) is 24.5 Å². The maximum atomic E-state index is 13.1. The molecule has 2 amide bonds. The van der Waals surface area contributed by atoms with E-state index < -0.39 is 34.6 Å². The molecule has 0 unspecified atom stereocenters. The molecule has 0 saturated heterocycles. The van der Waals surface area contributed by atoms with Crippen molar-refractivity contribution < 1.29 is 27.5 Å². The van der Waals surface area contributed by atoms with Crippen molar-refractivity contribution in [2.75, 3.05) is 11.2 Å². The van der Waals surface area contributed by atoms with Gasteiger partial charge in [-0.3, -0.25) is 4.90 Å². The minimum Gasteiger partial charge on any atom is -0.478 e. The monoisotopic (exact) mass is 443 g/mol. The van der Waals surface area contributed by atoms with Crippen LogP contribution in [-0.2, 0) is 21.3 Å². The Labute approximate surface area is 178 Å². The van der Waals surface area contributed by atoms with Crippen LogP contribution in [0.2, 0.25) is 0 Å². The summed E-state index contributed by atoms with van der Waals surface area (Å²) in [6.07, 6.45) is 0.934. The molecule has 0 saturated carbocycles. The van der Waals surface area contributed by atoms with Gasteiger partial charge in [-0.1, -0.05) is 18.2 Å². The van der Waals surface area contributed by atoms with Gasteiger partial charge in [-0.05, 0) is 42.3 Å². The summed E-state index contributed by atoms with van der Waals surface area (Å²) in [5.74, 6) is -1.36. The molecule has 0 spiro atoms. The number of urea groups is 1. The number of carbonyl (C=O) groups excluding carboxylic acids is 1. The fraction of sp³-hybridized carbons (Fsp3) is 0.190. The van der Waals surface area contributed by atoms with Crippen LogP contribution in [0.25, 0.3) is 0 Å². The van der Waals surface area contributed by atoms with Crippen LogP contribution in [0.5, 0.6) is 0 Å². The van der Waals surface area contributed by atoms with Gasteiger partial charge in [0, 0.05) is 12.0 Å². The standard InChI is InChI=1S/C21H18FN3O5S/c1-12-18(20(26)27)19(16-7-6-14(11-23)9-17(16)31(2,29)30)24-21(28)25(12)15-5-3-4-13(8-15)10-22/h3-9,19H,10H2,1-2H3,(H,24,28)(H,26,27)/t19-/m1/s1. The lowest BCUT2D eigenvalue weighted by Gasteiger charge is -2.35. The summed E-state index contributed by atoms with van der Waals surface area (Å²) in [5.41, 5.74) is 0.493. The Morgan fingerprint density at radius 3 is 2.58 bits per heavy atom. The zero-order valence-corrected chi connectivity index (χ0v) is 17.4. The largest absolute Gasteiger partial charge is 0.478 e. The summed E-state index contributed by atoms with van der Waals surface area (Å²) in [4.78, 5) is 25.9. The van der Waals surface area contributed by atoms with Crippen LogP contribution in [0.15, 0.2) is 58.6 Å². The molecule has 3 rings (SSSR count). The first-order chi connectivity index (χ1) is 14.6. The highest BCUT2D eigenvalue weighted by Gasteiger charge is 2.38. The van der Waals surface area contributed by atoms with Gasteiger partial charge < -0.3 is 10.4 Å². The first kappa shape index (κ1) is 22.0. The van der Waals surface area contributed by atoms with Gasteiger partial charge in [-0.25, -0.2) is 22.4 Å². The summed E-state index contributed by atoms with van der Waals surface area (Å²) in [7, 11) is -3.85. The molecule has 1 heterocycles. The van der Waals surface area contributed by atoms with E-state index in [0.29, 0.717) is 5.56 Å². The van der Waals surface area contributed by atoms with Crippen molar-refractivity contribution in [1.29, 1.82) is 5.26 Å². The van der Waals surface area contributed by atoms with Gasteiger partial charge in [-0.2, -0.15) is 5.26 Å². The minimum atomic E-state index is -3.85. The van der Waals surface area contributed by atoms with Gasteiger partial charge in [0.15, 0.2) is 9.84 Å². The lowest BCUT2D eigenvalue weighted by molar-refractivity contribution is -0.133. The van der Waals surface area contributed by atoms with E-state index in [2.05, 4.69) is 5.32 Å². The molecule has 8 nitrogen and oxygen atoms in total. The highest BCUT2D eigenvalue weighted by atomic mass is 32.2. The van der Waals surface area contributed by atoms with Gasteiger partial charge in [0.05, 0.1) is 33.8 Å². The second-order valence-electron chi connectivity index (χ2n) is 6.96. The summed E-state index contributed by atoms with van der Waals surface area (Å²) in [6, 6.07) is 9.70. The third-order valence-corrected chi connectivity index (χ3v) is 6.04. The van der Waals surface area contributed by atoms with Gasteiger partial charge in [0.1, 0.15) is 6.67 Å². The Hall–Kier alpha value is -3.71. The van der Waals surface area contributed by atoms with E-state index in [4.69, 9.17) is 5.26 Å². The highest BCUT2D eigenvalue weighted by Crippen LogP contribution is 2.36. The SMILES string of the molecule is CC1=C(C(=O)O)[C@@H](c2ccc(C#N)cc2S(C)(=O)=O)NC(=O)N1c1cccc(CF)c1. The van der Waals surface area contributed by atoms with Crippen LogP contribution < -0.4 is 10.2 Å². The predicted octanol–water partition coefficient (Wildman–Crippen LogP) is 3.06. The number of anilines is 1. The van der Waals surface area contributed by atoms with E-state index >= 15 is 0 Å². The van der Waals surface area contributed by atoms with Crippen molar-refractivity contribution in [3.05, 3.63) is 70.4 Å². The van der Waals surface area contributed by atoms with Crippen molar-refractivity contribution in [3.63, 3.8) is 0 Å². The summed E-state index contributed by atoms with van der Waals surface area (Å²) >= 11 is 0. The summed E-state index contributed by atoms with van der Waals surface area (Å²) in [6.45, 7) is 0.657. The number of nitrogens with one attached hydrogen (secondary N) is 1. The van der Waals surface area contributed by atoms with Crippen LogP contribution in [0.1, 0.15) is 29.7 Å². The number of alkyl halides is 1. The van der Waals surface area contributed by atoms with Gasteiger partial charge in [0.2, 0.25) is 0 Å². The number of carboxylic acid groups (broad SMARTS) is 1. The normalized spacial score (nSPS) is 16.6. The Kier molecular flexibility index (Phi) is 5.81.